The Morgan fingerprint density at radius 1 is 1.19 bits per heavy atom. The van der Waals surface area contributed by atoms with Crippen LogP contribution in [0.5, 0.6) is 0 Å². The Morgan fingerprint density at radius 3 is 2.57 bits per heavy atom. The van der Waals surface area contributed by atoms with Gasteiger partial charge < -0.3 is 15.3 Å². The molecule has 6 atom stereocenters. The number of aliphatic hydroxyl groups is 3. The average molecular weight is 295 g/mol. The van der Waals surface area contributed by atoms with Gasteiger partial charge in [0.2, 0.25) is 0 Å². The third-order valence-corrected chi connectivity index (χ3v) is 7.04. The third-order valence-electron chi connectivity index (χ3n) is 7.04. The summed E-state index contributed by atoms with van der Waals surface area (Å²) in [5.41, 5.74) is -2.44. The predicted octanol–water partition coefficient (Wildman–Crippen LogP) is 0.0667. The van der Waals surface area contributed by atoms with E-state index in [0.717, 1.165) is 38.8 Å². The number of aliphatic hydroxyl groups excluding tert-OH is 2. The minimum atomic E-state index is -1.30. The van der Waals surface area contributed by atoms with Crippen molar-refractivity contribution in [2.75, 3.05) is 13.1 Å². The molecule has 2 saturated carbocycles. The second kappa shape index (κ2) is 4.07. The van der Waals surface area contributed by atoms with Crippen LogP contribution in [0.25, 0.3) is 0 Å². The molecule has 0 radical (unpaired) electrons. The Kier molecular flexibility index (Phi) is 2.74. The highest BCUT2D eigenvalue weighted by atomic mass is 16.3. The maximum Gasteiger partial charge on any atom is 0.154 e. The summed E-state index contributed by atoms with van der Waals surface area (Å²) in [5, 5.41) is 32.0. The van der Waals surface area contributed by atoms with Gasteiger partial charge in [-0.25, -0.2) is 0 Å². The Bertz CT molecular complexity index is 493. The zero-order valence-electron chi connectivity index (χ0n) is 12.6. The van der Waals surface area contributed by atoms with E-state index in [0.29, 0.717) is 6.42 Å². The molecule has 0 aromatic carbocycles. The molecule has 118 valence electrons. The Balaban J connectivity index is 1.89. The lowest BCUT2D eigenvalue weighted by molar-refractivity contribution is -0.229. The Morgan fingerprint density at radius 2 is 1.86 bits per heavy atom. The van der Waals surface area contributed by atoms with Crippen LogP contribution in [0.1, 0.15) is 45.4 Å². The normalized spacial score (nSPS) is 57.0. The molecule has 4 aliphatic rings. The van der Waals surface area contributed by atoms with E-state index in [2.05, 4.69) is 4.90 Å². The molecule has 0 aromatic rings. The first-order chi connectivity index (χ1) is 9.86. The molecule has 2 heterocycles. The fourth-order valence-electron chi connectivity index (χ4n) is 6.30. The lowest BCUT2D eigenvalue weighted by Crippen LogP contribution is -2.71. The highest BCUT2D eigenvalue weighted by molar-refractivity contribution is 5.93. The van der Waals surface area contributed by atoms with E-state index in [1.165, 1.54) is 0 Å². The number of ketones is 1. The van der Waals surface area contributed by atoms with E-state index in [9.17, 15) is 20.1 Å². The van der Waals surface area contributed by atoms with Crippen molar-refractivity contribution in [3.8, 4) is 0 Å². The predicted molar refractivity (Wildman–Crippen MR) is 75.6 cm³/mol. The summed E-state index contributed by atoms with van der Waals surface area (Å²) in [6.45, 7) is 3.41. The molecule has 3 N–H and O–H groups in total. The summed E-state index contributed by atoms with van der Waals surface area (Å²) >= 11 is 0. The van der Waals surface area contributed by atoms with E-state index in [-0.39, 0.29) is 18.1 Å². The first kappa shape index (κ1) is 14.1. The van der Waals surface area contributed by atoms with Crippen molar-refractivity contribution in [1.82, 2.24) is 4.90 Å². The number of rotatable bonds is 0. The SMILES string of the molecule is CC1(O)CC(O)C23CCCN4CCCC42C(=O)CC3C1O. The second-order valence-electron chi connectivity index (χ2n) is 7.85. The van der Waals surface area contributed by atoms with Crippen molar-refractivity contribution in [3.05, 3.63) is 0 Å². The van der Waals surface area contributed by atoms with Gasteiger partial charge in [0.15, 0.2) is 5.78 Å². The van der Waals surface area contributed by atoms with E-state index in [4.69, 9.17) is 0 Å². The molecule has 5 heteroatoms. The van der Waals surface area contributed by atoms with Crippen LogP contribution in [0.15, 0.2) is 0 Å². The van der Waals surface area contributed by atoms with Gasteiger partial charge in [-0.2, -0.15) is 0 Å². The minimum Gasteiger partial charge on any atom is -0.392 e. The van der Waals surface area contributed by atoms with E-state index in [1.807, 2.05) is 0 Å². The number of hydrogen-bond acceptors (Lipinski definition) is 5. The molecule has 2 aliphatic heterocycles. The summed E-state index contributed by atoms with van der Waals surface area (Å²) in [6, 6.07) is 0. The van der Waals surface area contributed by atoms with Crippen molar-refractivity contribution in [3.63, 3.8) is 0 Å². The van der Waals surface area contributed by atoms with E-state index in [1.54, 1.807) is 6.92 Å². The molecule has 4 fully saturated rings. The van der Waals surface area contributed by atoms with Crippen LogP contribution < -0.4 is 0 Å². The number of piperidine rings is 1. The quantitative estimate of drug-likeness (QED) is 0.589. The van der Waals surface area contributed by atoms with Gasteiger partial charge >= 0.3 is 0 Å². The maximum absolute atomic E-state index is 12.9. The second-order valence-corrected chi connectivity index (χ2v) is 7.85. The summed E-state index contributed by atoms with van der Waals surface area (Å²) < 4.78 is 0. The zero-order valence-corrected chi connectivity index (χ0v) is 12.6. The fraction of sp³-hybridized carbons (Fsp3) is 0.938. The summed E-state index contributed by atoms with van der Waals surface area (Å²) in [4.78, 5) is 15.2. The van der Waals surface area contributed by atoms with Crippen LogP contribution in [0.3, 0.4) is 0 Å². The summed E-state index contributed by atoms with van der Waals surface area (Å²) in [6.07, 6.45) is 2.34. The van der Waals surface area contributed by atoms with Crippen molar-refractivity contribution < 1.29 is 20.1 Å². The summed E-state index contributed by atoms with van der Waals surface area (Å²) in [7, 11) is 0. The number of carbonyl (C=O) groups is 1. The Labute approximate surface area is 124 Å². The molecule has 0 aromatic heterocycles. The molecular formula is C16H25NO4. The van der Waals surface area contributed by atoms with Crippen molar-refractivity contribution in [2.24, 2.45) is 11.3 Å². The maximum atomic E-state index is 12.9. The van der Waals surface area contributed by atoms with Crippen molar-refractivity contribution >= 4 is 5.78 Å². The van der Waals surface area contributed by atoms with E-state index < -0.39 is 28.8 Å². The van der Waals surface area contributed by atoms with Gasteiger partial charge in [-0.1, -0.05) is 0 Å². The minimum absolute atomic E-state index is 0.160. The number of nitrogens with zero attached hydrogens (tertiary/aromatic N) is 1. The van der Waals surface area contributed by atoms with Crippen LogP contribution >= 0.6 is 0 Å². The van der Waals surface area contributed by atoms with Crippen LogP contribution in [0.4, 0.5) is 0 Å². The smallest absolute Gasteiger partial charge is 0.154 e. The van der Waals surface area contributed by atoms with Gasteiger partial charge in [-0.3, -0.25) is 9.69 Å². The van der Waals surface area contributed by atoms with Gasteiger partial charge in [-0.05, 0) is 45.7 Å². The van der Waals surface area contributed by atoms with Crippen LogP contribution in [0, 0.1) is 11.3 Å². The number of hydrogen-bond donors (Lipinski definition) is 3. The van der Waals surface area contributed by atoms with Crippen LogP contribution in [-0.4, -0.2) is 62.4 Å². The highest BCUT2D eigenvalue weighted by Gasteiger charge is 2.75. The average Bonchev–Trinajstić information content (AvgIpc) is 2.96. The van der Waals surface area contributed by atoms with Crippen LogP contribution in [-0.2, 0) is 4.79 Å². The fourth-order valence-corrected chi connectivity index (χ4v) is 6.30. The lowest BCUT2D eigenvalue weighted by Gasteiger charge is -2.60. The van der Waals surface area contributed by atoms with E-state index >= 15 is 0 Å². The van der Waals surface area contributed by atoms with Crippen LogP contribution in [0.2, 0.25) is 0 Å². The van der Waals surface area contributed by atoms with Gasteiger partial charge in [0.1, 0.15) is 0 Å². The number of Topliss-reactive ketones (excluding diaryl/α,β-unsaturated/α-hetero) is 1. The largest absolute Gasteiger partial charge is 0.392 e. The molecule has 0 bridgehead atoms. The number of carbonyl (C=O) groups excluding carboxylic acids is 1. The Hall–Kier alpha value is -0.490. The van der Waals surface area contributed by atoms with Crippen molar-refractivity contribution in [2.45, 2.75) is 68.8 Å². The first-order valence-electron chi connectivity index (χ1n) is 8.23. The molecule has 21 heavy (non-hydrogen) atoms. The molecule has 2 spiro atoms. The van der Waals surface area contributed by atoms with Gasteiger partial charge in [-0.15, -0.1) is 0 Å². The molecule has 4 rings (SSSR count). The first-order valence-corrected chi connectivity index (χ1v) is 8.23. The molecular weight excluding hydrogens is 270 g/mol. The molecule has 0 amide bonds. The summed E-state index contributed by atoms with van der Waals surface area (Å²) in [5.74, 6) is -0.134. The standard InChI is InChI=1S/C16H25NO4/c1-14(21)9-12(19)15-4-2-6-17-7-3-5-16(15,17)11(18)8-10(15)13(14)20/h10,12-13,19-21H,2-9H2,1H3. The van der Waals surface area contributed by atoms with Gasteiger partial charge in [0.25, 0.3) is 0 Å². The third kappa shape index (κ3) is 1.39. The highest BCUT2D eigenvalue weighted by Crippen LogP contribution is 2.66. The monoisotopic (exact) mass is 295 g/mol. The lowest BCUT2D eigenvalue weighted by atomic mass is 9.52. The topological polar surface area (TPSA) is 81.0 Å². The molecule has 2 aliphatic carbocycles. The van der Waals surface area contributed by atoms with Crippen molar-refractivity contribution in [1.29, 1.82) is 0 Å². The van der Waals surface area contributed by atoms with Gasteiger partial charge in [0, 0.05) is 24.2 Å². The molecule has 6 unspecified atom stereocenters. The van der Waals surface area contributed by atoms with Gasteiger partial charge in [0.05, 0.1) is 23.3 Å². The zero-order chi connectivity index (χ0) is 15.0. The molecule has 5 nitrogen and oxygen atoms in total. The molecule has 2 saturated heterocycles.